The maximum atomic E-state index is 5.79. The molecule has 7 nitrogen and oxygen atoms in total. The molecule has 1 saturated carbocycles. The van der Waals surface area contributed by atoms with E-state index in [2.05, 4.69) is 6.92 Å². The summed E-state index contributed by atoms with van der Waals surface area (Å²) in [6, 6.07) is 1.74. The van der Waals surface area contributed by atoms with Gasteiger partial charge in [0, 0.05) is 68.0 Å². The topological polar surface area (TPSA) is 64.6 Å². The Kier molecular flexibility index (Phi) is 14.2. The van der Waals surface area contributed by atoms with E-state index < -0.39 is 17.6 Å². The van der Waals surface area contributed by atoms with Crippen molar-refractivity contribution in [3.63, 3.8) is 0 Å². The smallest absolute Gasteiger partial charge is 0.381 e. The molecule has 2 unspecified atom stereocenters. The third kappa shape index (κ3) is 8.95. The van der Waals surface area contributed by atoms with E-state index in [1.54, 1.807) is 42.7 Å². The molecule has 0 aromatic carbocycles. The lowest BCUT2D eigenvalue weighted by Gasteiger charge is -2.36. The van der Waals surface area contributed by atoms with Crippen LogP contribution in [0.3, 0.4) is 0 Å². The molecule has 30 heavy (non-hydrogen) atoms. The maximum Gasteiger partial charge on any atom is 0.500 e. The lowest BCUT2D eigenvalue weighted by atomic mass is 9.72. The van der Waals surface area contributed by atoms with Gasteiger partial charge in [-0.25, -0.2) is 0 Å². The SMILES string of the molecule is CCOCC1CC(CCC[Si](OC)(OC)OC)CC(CCC[Si](OC)(OC)OC)C1. The molecule has 0 N–H and O–H groups in total. The summed E-state index contributed by atoms with van der Waals surface area (Å²) in [7, 11) is 5.20. The molecule has 1 fully saturated rings. The maximum absolute atomic E-state index is 5.79. The Bertz CT molecular complexity index is 383. The molecule has 9 heteroatoms. The van der Waals surface area contributed by atoms with E-state index in [9.17, 15) is 0 Å². The van der Waals surface area contributed by atoms with E-state index in [1.807, 2.05) is 0 Å². The highest BCUT2D eigenvalue weighted by Crippen LogP contribution is 2.39. The summed E-state index contributed by atoms with van der Waals surface area (Å²) in [5.74, 6) is 2.10. The van der Waals surface area contributed by atoms with Crippen LogP contribution in [0.5, 0.6) is 0 Å². The molecule has 1 aliphatic rings. The highest BCUT2D eigenvalue weighted by molar-refractivity contribution is 6.60. The molecular formula is C21H46O7Si2. The fraction of sp³-hybridized carbons (Fsp3) is 1.00. The van der Waals surface area contributed by atoms with Crippen LogP contribution in [0.4, 0.5) is 0 Å². The number of rotatable bonds is 17. The van der Waals surface area contributed by atoms with Crippen molar-refractivity contribution in [1.82, 2.24) is 0 Å². The van der Waals surface area contributed by atoms with Crippen molar-refractivity contribution in [2.45, 2.75) is 64.0 Å². The number of hydrogen-bond acceptors (Lipinski definition) is 7. The molecule has 1 rings (SSSR count). The molecule has 0 aromatic heterocycles. The zero-order valence-corrected chi connectivity index (χ0v) is 22.4. The Hall–Kier alpha value is 0.154. The van der Waals surface area contributed by atoms with E-state index in [0.29, 0.717) is 5.92 Å². The lowest BCUT2D eigenvalue weighted by molar-refractivity contribution is 0.0614. The monoisotopic (exact) mass is 466 g/mol. The van der Waals surface area contributed by atoms with Crippen LogP contribution in [0.25, 0.3) is 0 Å². The first-order valence-electron chi connectivity index (χ1n) is 11.3. The summed E-state index contributed by atoms with van der Waals surface area (Å²) in [5, 5.41) is 0. The predicted octanol–water partition coefficient (Wildman–Crippen LogP) is 4.37. The second kappa shape index (κ2) is 15.1. The van der Waals surface area contributed by atoms with Gasteiger partial charge in [-0.1, -0.05) is 12.8 Å². The first-order chi connectivity index (χ1) is 14.5. The van der Waals surface area contributed by atoms with E-state index >= 15 is 0 Å². The summed E-state index contributed by atoms with van der Waals surface area (Å²) in [4.78, 5) is 0. The van der Waals surface area contributed by atoms with Gasteiger partial charge in [-0.2, -0.15) is 0 Å². The minimum Gasteiger partial charge on any atom is -0.381 e. The Morgan fingerprint density at radius 3 is 1.30 bits per heavy atom. The van der Waals surface area contributed by atoms with Crippen molar-refractivity contribution in [3.8, 4) is 0 Å². The average molecular weight is 467 g/mol. The first-order valence-corrected chi connectivity index (χ1v) is 15.2. The van der Waals surface area contributed by atoms with Crippen LogP contribution in [0.15, 0.2) is 0 Å². The minimum absolute atomic E-state index is 0.650. The Morgan fingerprint density at radius 2 is 0.967 bits per heavy atom. The van der Waals surface area contributed by atoms with Gasteiger partial charge >= 0.3 is 17.6 Å². The molecule has 180 valence electrons. The Morgan fingerprint density at radius 1 is 0.600 bits per heavy atom. The van der Waals surface area contributed by atoms with Gasteiger partial charge in [0.1, 0.15) is 0 Å². The summed E-state index contributed by atoms with van der Waals surface area (Å²) in [6.45, 7) is 3.75. The standard InChI is InChI=1S/C21H46O7Si2/c1-8-28-18-21-16-19(11-9-13-29(22-2,23-3)24-4)15-20(17-21)12-10-14-30(25-5,26-6)27-7/h19-21H,8-18H2,1-7H3. The molecule has 0 aromatic rings. The van der Waals surface area contributed by atoms with Crippen molar-refractivity contribution in [3.05, 3.63) is 0 Å². The number of ether oxygens (including phenoxy) is 1. The van der Waals surface area contributed by atoms with Crippen LogP contribution in [0.2, 0.25) is 12.1 Å². The molecule has 2 atom stereocenters. The first kappa shape index (κ1) is 28.2. The molecule has 0 spiro atoms. The van der Waals surface area contributed by atoms with Crippen molar-refractivity contribution >= 4 is 17.6 Å². The summed E-state index contributed by atoms with van der Waals surface area (Å²) in [5.41, 5.74) is 0. The molecular weight excluding hydrogens is 420 g/mol. The molecule has 0 bridgehead atoms. The van der Waals surface area contributed by atoms with Crippen LogP contribution in [0, 0.1) is 17.8 Å². The molecule has 0 saturated heterocycles. The van der Waals surface area contributed by atoms with Crippen LogP contribution in [-0.2, 0) is 31.3 Å². The van der Waals surface area contributed by atoms with E-state index in [4.69, 9.17) is 31.3 Å². The molecule has 0 heterocycles. The quantitative estimate of drug-likeness (QED) is 0.295. The van der Waals surface area contributed by atoms with Crippen LogP contribution in [-0.4, -0.2) is 73.5 Å². The summed E-state index contributed by atoms with van der Waals surface area (Å²) >= 11 is 0. The van der Waals surface area contributed by atoms with Crippen molar-refractivity contribution in [2.24, 2.45) is 17.8 Å². The van der Waals surface area contributed by atoms with Gasteiger partial charge in [-0.15, -0.1) is 0 Å². The van der Waals surface area contributed by atoms with Crippen molar-refractivity contribution < 1.29 is 31.3 Å². The van der Waals surface area contributed by atoms with E-state index in [1.165, 1.54) is 32.1 Å². The van der Waals surface area contributed by atoms with Gasteiger partial charge in [0.25, 0.3) is 0 Å². The summed E-state index contributed by atoms with van der Waals surface area (Å²) in [6.07, 6.45) is 8.33. The van der Waals surface area contributed by atoms with Crippen LogP contribution >= 0.6 is 0 Å². The largest absolute Gasteiger partial charge is 0.500 e. The van der Waals surface area contributed by atoms with Crippen LogP contribution < -0.4 is 0 Å². The van der Waals surface area contributed by atoms with Crippen molar-refractivity contribution in [1.29, 1.82) is 0 Å². The Balaban J connectivity index is 2.59. The highest BCUT2D eigenvalue weighted by Gasteiger charge is 2.39. The molecule has 0 amide bonds. The summed E-state index contributed by atoms with van der Waals surface area (Å²) < 4.78 is 39.3. The zero-order chi connectivity index (χ0) is 22.5. The predicted molar refractivity (Wildman–Crippen MR) is 122 cm³/mol. The van der Waals surface area contributed by atoms with Gasteiger partial charge in [0.05, 0.1) is 0 Å². The van der Waals surface area contributed by atoms with Gasteiger partial charge in [0.2, 0.25) is 0 Å². The van der Waals surface area contributed by atoms with Crippen molar-refractivity contribution in [2.75, 3.05) is 55.9 Å². The fourth-order valence-corrected chi connectivity index (χ4v) is 8.42. The third-order valence-electron chi connectivity index (χ3n) is 6.61. The average Bonchev–Trinajstić information content (AvgIpc) is 2.79. The molecule has 1 aliphatic carbocycles. The van der Waals surface area contributed by atoms with Gasteiger partial charge in [0.15, 0.2) is 0 Å². The highest BCUT2D eigenvalue weighted by atomic mass is 28.4. The zero-order valence-electron chi connectivity index (χ0n) is 20.4. The normalized spacial score (nSPS) is 23.1. The second-order valence-corrected chi connectivity index (χ2v) is 14.5. The fourth-order valence-electron chi connectivity index (χ4n) is 4.92. The minimum atomic E-state index is -2.47. The third-order valence-corrected chi connectivity index (χ3v) is 12.3. The van der Waals surface area contributed by atoms with Gasteiger partial charge < -0.3 is 31.3 Å². The second-order valence-electron chi connectivity index (χ2n) is 8.34. The van der Waals surface area contributed by atoms with Gasteiger partial charge in [-0.05, 0) is 56.8 Å². The molecule has 0 radical (unpaired) electrons. The van der Waals surface area contributed by atoms with E-state index in [-0.39, 0.29) is 0 Å². The number of hydrogen-bond donors (Lipinski definition) is 0. The lowest BCUT2D eigenvalue weighted by Crippen LogP contribution is -2.42. The molecule has 0 aliphatic heterocycles. The Labute approximate surface area is 186 Å². The van der Waals surface area contributed by atoms with E-state index in [0.717, 1.165) is 50.0 Å². The van der Waals surface area contributed by atoms with Gasteiger partial charge in [-0.3, -0.25) is 0 Å². The van der Waals surface area contributed by atoms with Crippen LogP contribution in [0.1, 0.15) is 51.9 Å².